The highest BCUT2D eigenvalue weighted by atomic mass is 32.2. The molecule has 0 saturated carbocycles. The number of amides is 1. The van der Waals surface area contributed by atoms with Gasteiger partial charge in [0.05, 0.1) is 10.6 Å². The van der Waals surface area contributed by atoms with Gasteiger partial charge >= 0.3 is 0 Å². The lowest BCUT2D eigenvalue weighted by Crippen LogP contribution is -2.32. The van der Waals surface area contributed by atoms with Crippen LogP contribution in [-0.4, -0.2) is 53.0 Å². The van der Waals surface area contributed by atoms with Crippen LogP contribution >= 0.6 is 0 Å². The number of nitrogens with one attached hydrogen (secondary N) is 1. The SMILES string of the molecule is CN1CCC(CCNC(=O)c2cccc(S(=O)(=O)N(C)c3ccccc3F)c2)CC1. The minimum Gasteiger partial charge on any atom is -0.352 e. The van der Waals surface area contributed by atoms with Crippen molar-refractivity contribution in [3.05, 3.63) is 59.9 Å². The molecule has 0 aliphatic carbocycles. The number of hydrogen-bond acceptors (Lipinski definition) is 4. The van der Waals surface area contributed by atoms with E-state index in [4.69, 9.17) is 0 Å². The van der Waals surface area contributed by atoms with Crippen LogP contribution in [0, 0.1) is 11.7 Å². The third-order valence-electron chi connectivity index (χ3n) is 5.62. The highest BCUT2D eigenvalue weighted by molar-refractivity contribution is 7.92. The van der Waals surface area contributed by atoms with Crippen molar-refractivity contribution in [1.29, 1.82) is 0 Å². The van der Waals surface area contributed by atoms with Gasteiger partial charge in [-0.25, -0.2) is 12.8 Å². The van der Waals surface area contributed by atoms with E-state index in [1.54, 1.807) is 12.1 Å². The van der Waals surface area contributed by atoms with Crippen LogP contribution in [-0.2, 0) is 10.0 Å². The fraction of sp³-hybridized carbons (Fsp3) is 0.409. The maximum absolute atomic E-state index is 14.0. The van der Waals surface area contributed by atoms with Crippen LogP contribution in [0.4, 0.5) is 10.1 Å². The molecule has 162 valence electrons. The van der Waals surface area contributed by atoms with Gasteiger partial charge in [-0.1, -0.05) is 18.2 Å². The maximum atomic E-state index is 14.0. The van der Waals surface area contributed by atoms with E-state index in [1.807, 2.05) is 0 Å². The van der Waals surface area contributed by atoms with Gasteiger partial charge in [-0.3, -0.25) is 9.10 Å². The van der Waals surface area contributed by atoms with Gasteiger partial charge in [-0.05, 0) is 75.6 Å². The molecule has 8 heteroatoms. The Kier molecular flexibility index (Phi) is 7.10. The summed E-state index contributed by atoms with van der Waals surface area (Å²) in [4.78, 5) is 14.8. The van der Waals surface area contributed by atoms with Gasteiger partial charge in [0.1, 0.15) is 5.82 Å². The topological polar surface area (TPSA) is 69.7 Å². The highest BCUT2D eigenvalue weighted by Gasteiger charge is 2.24. The number of nitrogens with zero attached hydrogens (tertiary/aromatic N) is 2. The van der Waals surface area contributed by atoms with Crippen molar-refractivity contribution in [1.82, 2.24) is 10.2 Å². The lowest BCUT2D eigenvalue weighted by Gasteiger charge is -2.28. The molecule has 0 aromatic heterocycles. The van der Waals surface area contributed by atoms with E-state index in [-0.39, 0.29) is 22.1 Å². The van der Waals surface area contributed by atoms with Crippen LogP contribution in [0.5, 0.6) is 0 Å². The molecule has 2 aromatic carbocycles. The minimum absolute atomic E-state index is 0.0505. The normalized spacial score (nSPS) is 15.7. The van der Waals surface area contributed by atoms with Crippen LogP contribution < -0.4 is 9.62 Å². The first-order valence-electron chi connectivity index (χ1n) is 10.1. The Labute approximate surface area is 177 Å². The number of carbonyl (C=O) groups excluding carboxylic acids is 1. The van der Waals surface area contributed by atoms with E-state index < -0.39 is 15.8 Å². The summed E-state index contributed by atoms with van der Waals surface area (Å²) in [7, 11) is -0.597. The number of halogens is 1. The van der Waals surface area contributed by atoms with Crippen molar-refractivity contribution in [3.63, 3.8) is 0 Å². The Balaban J connectivity index is 1.66. The average Bonchev–Trinajstić information content (AvgIpc) is 2.75. The van der Waals surface area contributed by atoms with Gasteiger partial charge in [0, 0.05) is 19.2 Å². The van der Waals surface area contributed by atoms with Crippen molar-refractivity contribution in [2.75, 3.05) is 38.0 Å². The largest absolute Gasteiger partial charge is 0.352 e. The number of hydrogen-bond donors (Lipinski definition) is 1. The summed E-state index contributed by atoms with van der Waals surface area (Å²) in [6.07, 6.45) is 3.17. The minimum atomic E-state index is -4.00. The molecule has 0 unspecified atom stereocenters. The highest BCUT2D eigenvalue weighted by Crippen LogP contribution is 2.25. The van der Waals surface area contributed by atoms with Crippen LogP contribution in [0.15, 0.2) is 53.4 Å². The van der Waals surface area contributed by atoms with Gasteiger partial charge < -0.3 is 10.2 Å². The monoisotopic (exact) mass is 433 g/mol. The summed E-state index contributed by atoms with van der Waals surface area (Å²) in [5.41, 5.74) is 0.215. The van der Waals surface area contributed by atoms with Crippen LogP contribution in [0.2, 0.25) is 0 Å². The van der Waals surface area contributed by atoms with E-state index >= 15 is 0 Å². The van der Waals surface area contributed by atoms with Crippen molar-refractivity contribution in [3.8, 4) is 0 Å². The van der Waals surface area contributed by atoms with Gasteiger partial charge in [0.25, 0.3) is 15.9 Å². The van der Waals surface area contributed by atoms with E-state index in [1.165, 1.54) is 43.4 Å². The summed E-state index contributed by atoms with van der Waals surface area (Å²) in [5, 5.41) is 2.89. The summed E-state index contributed by atoms with van der Waals surface area (Å²) in [5.74, 6) is -0.345. The molecule has 1 N–H and O–H groups in total. The van der Waals surface area contributed by atoms with Crippen LogP contribution in [0.1, 0.15) is 29.6 Å². The zero-order valence-electron chi connectivity index (χ0n) is 17.3. The van der Waals surface area contributed by atoms with Gasteiger partial charge in [-0.2, -0.15) is 0 Å². The lowest BCUT2D eigenvalue weighted by molar-refractivity contribution is 0.0948. The van der Waals surface area contributed by atoms with Gasteiger partial charge in [0.2, 0.25) is 0 Å². The molecule has 0 radical (unpaired) electrons. The average molecular weight is 434 g/mol. The number of likely N-dealkylation sites (tertiary alicyclic amines) is 1. The third kappa shape index (κ3) is 5.17. The molecule has 0 atom stereocenters. The predicted octanol–water partition coefficient (Wildman–Crippen LogP) is 3.11. The molecular weight excluding hydrogens is 405 g/mol. The lowest BCUT2D eigenvalue weighted by atomic mass is 9.94. The summed E-state index contributed by atoms with van der Waals surface area (Å²) in [6.45, 7) is 2.71. The molecule has 0 spiro atoms. The van der Waals surface area contributed by atoms with Gasteiger partial charge in [0.15, 0.2) is 0 Å². The fourth-order valence-corrected chi connectivity index (χ4v) is 4.88. The first kappa shape index (κ1) is 22.2. The van der Waals surface area contributed by atoms with E-state index in [9.17, 15) is 17.6 Å². The predicted molar refractivity (Wildman–Crippen MR) is 116 cm³/mol. The number of anilines is 1. The molecule has 30 heavy (non-hydrogen) atoms. The number of benzene rings is 2. The van der Waals surface area contributed by atoms with Crippen molar-refractivity contribution < 1.29 is 17.6 Å². The standard InChI is InChI=1S/C22H28FN3O3S/c1-25-14-11-17(12-15-25)10-13-24-22(27)18-6-5-7-19(16-18)30(28,29)26(2)21-9-4-3-8-20(21)23/h3-9,16-17H,10-15H2,1-2H3,(H,24,27). The first-order valence-corrected chi connectivity index (χ1v) is 11.5. The zero-order chi connectivity index (χ0) is 21.7. The van der Waals surface area contributed by atoms with Gasteiger partial charge in [-0.15, -0.1) is 0 Å². The van der Waals surface area contributed by atoms with E-state index in [0.29, 0.717) is 12.5 Å². The van der Waals surface area contributed by atoms with Crippen molar-refractivity contribution >= 4 is 21.6 Å². The maximum Gasteiger partial charge on any atom is 0.264 e. The molecule has 1 amide bonds. The molecule has 3 rings (SSSR count). The van der Waals surface area contributed by atoms with Crippen LogP contribution in [0.25, 0.3) is 0 Å². The molecule has 1 fully saturated rings. The van der Waals surface area contributed by atoms with Crippen molar-refractivity contribution in [2.24, 2.45) is 5.92 Å². The number of piperidine rings is 1. The second-order valence-electron chi connectivity index (χ2n) is 7.74. The molecule has 1 aliphatic rings. The third-order valence-corrected chi connectivity index (χ3v) is 7.39. The Bertz CT molecular complexity index is 989. The smallest absolute Gasteiger partial charge is 0.264 e. The zero-order valence-corrected chi connectivity index (χ0v) is 18.2. The molecular formula is C22H28FN3O3S. The summed E-state index contributed by atoms with van der Waals surface area (Å²) >= 11 is 0. The fourth-order valence-electron chi connectivity index (χ4n) is 3.64. The Morgan fingerprint density at radius 1 is 1.17 bits per heavy atom. The first-order chi connectivity index (χ1) is 14.3. The number of para-hydroxylation sites is 1. The Morgan fingerprint density at radius 3 is 2.57 bits per heavy atom. The summed E-state index contributed by atoms with van der Waals surface area (Å²) < 4.78 is 40.8. The summed E-state index contributed by atoms with van der Waals surface area (Å²) in [6, 6.07) is 11.5. The molecule has 1 heterocycles. The van der Waals surface area contributed by atoms with Crippen molar-refractivity contribution in [2.45, 2.75) is 24.2 Å². The molecule has 6 nitrogen and oxygen atoms in total. The molecule has 1 saturated heterocycles. The van der Waals surface area contributed by atoms with E-state index in [2.05, 4.69) is 17.3 Å². The Hall–Kier alpha value is -2.45. The molecule has 0 bridgehead atoms. The number of carbonyl (C=O) groups is 1. The quantitative estimate of drug-likeness (QED) is 0.729. The number of sulfonamides is 1. The van der Waals surface area contributed by atoms with E-state index in [0.717, 1.165) is 36.7 Å². The Morgan fingerprint density at radius 2 is 1.87 bits per heavy atom. The van der Waals surface area contributed by atoms with Crippen LogP contribution in [0.3, 0.4) is 0 Å². The second-order valence-corrected chi connectivity index (χ2v) is 9.71. The second kappa shape index (κ2) is 9.57. The molecule has 2 aromatic rings. The molecule has 1 aliphatic heterocycles. The number of rotatable bonds is 7.